The van der Waals surface area contributed by atoms with Crippen LogP contribution in [-0.2, 0) is 6.54 Å². The Labute approximate surface area is 128 Å². The summed E-state index contributed by atoms with van der Waals surface area (Å²) in [7, 11) is 0. The highest BCUT2D eigenvalue weighted by Crippen LogP contribution is 2.16. The van der Waals surface area contributed by atoms with Gasteiger partial charge in [0.15, 0.2) is 0 Å². The quantitative estimate of drug-likeness (QED) is 0.944. The predicted molar refractivity (Wildman–Crippen MR) is 83.6 cm³/mol. The van der Waals surface area contributed by atoms with E-state index >= 15 is 0 Å². The van der Waals surface area contributed by atoms with E-state index in [0.29, 0.717) is 0 Å². The fourth-order valence-corrected chi connectivity index (χ4v) is 3.43. The van der Waals surface area contributed by atoms with E-state index in [1.54, 1.807) is 11.3 Å². The summed E-state index contributed by atoms with van der Waals surface area (Å²) in [6.45, 7) is 8.19. The first-order valence-corrected chi connectivity index (χ1v) is 8.13. The molecular formula is C15H20N4OS. The van der Waals surface area contributed by atoms with Gasteiger partial charge < -0.3 is 4.90 Å². The average molecular weight is 304 g/mol. The largest absolute Gasteiger partial charge is 0.336 e. The molecule has 1 N–H and O–H groups in total. The molecule has 0 unspecified atom stereocenters. The van der Waals surface area contributed by atoms with Crippen molar-refractivity contribution in [3.63, 3.8) is 0 Å². The molecule has 0 radical (unpaired) electrons. The van der Waals surface area contributed by atoms with Crippen molar-refractivity contribution in [3.05, 3.63) is 39.3 Å². The number of aromatic amines is 1. The third-order valence-corrected chi connectivity index (χ3v) is 4.72. The van der Waals surface area contributed by atoms with Gasteiger partial charge in [-0.3, -0.25) is 14.8 Å². The lowest BCUT2D eigenvalue weighted by atomic mass is 10.1. The number of amides is 1. The molecule has 0 bridgehead atoms. The van der Waals surface area contributed by atoms with Crippen LogP contribution in [0.1, 0.15) is 27.3 Å². The SMILES string of the molecule is Cc1n[nH]c(C)c1C(=O)N1CCN(Cc2ccsc2)CC1. The van der Waals surface area contributed by atoms with Gasteiger partial charge in [0.05, 0.1) is 11.3 Å². The van der Waals surface area contributed by atoms with E-state index in [1.165, 1.54) is 5.56 Å². The fraction of sp³-hybridized carbons (Fsp3) is 0.467. The molecule has 1 saturated heterocycles. The minimum absolute atomic E-state index is 0.105. The number of nitrogens with zero attached hydrogens (tertiary/aromatic N) is 3. The van der Waals surface area contributed by atoms with Gasteiger partial charge in [-0.25, -0.2) is 0 Å². The maximum Gasteiger partial charge on any atom is 0.257 e. The van der Waals surface area contributed by atoms with E-state index in [2.05, 4.69) is 31.9 Å². The highest BCUT2D eigenvalue weighted by molar-refractivity contribution is 7.07. The molecule has 3 heterocycles. The van der Waals surface area contributed by atoms with E-state index in [0.717, 1.165) is 49.7 Å². The lowest BCUT2D eigenvalue weighted by Crippen LogP contribution is -2.48. The highest BCUT2D eigenvalue weighted by Gasteiger charge is 2.25. The molecule has 5 nitrogen and oxygen atoms in total. The Morgan fingerprint density at radius 1 is 1.33 bits per heavy atom. The molecule has 21 heavy (non-hydrogen) atoms. The summed E-state index contributed by atoms with van der Waals surface area (Å²) in [5, 5.41) is 11.3. The summed E-state index contributed by atoms with van der Waals surface area (Å²) >= 11 is 1.73. The van der Waals surface area contributed by atoms with Crippen molar-refractivity contribution in [1.82, 2.24) is 20.0 Å². The van der Waals surface area contributed by atoms with Crippen LogP contribution in [0.15, 0.2) is 16.8 Å². The second kappa shape index (κ2) is 5.99. The average Bonchev–Trinajstić information content (AvgIpc) is 3.09. The molecule has 0 aromatic carbocycles. The summed E-state index contributed by atoms with van der Waals surface area (Å²) in [6, 6.07) is 2.17. The van der Waals surface area contributed by atoms with Crippen molar-refractivity contribution in [2.45, 2.75) is 20.4 Å². The van der Waals surface area contributed by atoms with E-state index in [9.17, 15) is 4.79 Å². The minimum Gasteiger partial charge on any atom is -0.336 e. The fourth-order valence-electron chi connectivity index (χ4n) is 2.77. The van der Waals surface area contributed by atoms with Crippen LogP contribution in [0.25, 0.3) is 0 Å². The smallest absolute Gasteiger partial charge is 0.257 e. The van der Waals surface area contributed by atoms with Crippen LogP contribution >= 0.6 is 11.3 Å². The number of nitrogens with one attached hydrogen (secondary N) is 1. The minimum atomic E-state index is 0.105. The van der Waals surface area contributed by atoms with Crippen molar-refractivity contribution >= 4 is 17.2 Å². The zero-order valence-corrected chi connectivity index (χ0v) is 13.2. The second-order valence-electron chi connectivity index (χ2n) is 5.51. The van der Waals surface area contributed by atoms with Gasteiger partial charge in [-0.2, -0.15) is 16.4 Å². The first-order valence-electron chi connectivity index (χ1n) is 7.19. The zero-order valence-electron chi connectivity index (χ0n) is 12.4. The van der Waals surface area contributed by atoms with Crippen LogP contribution in [0.3, 0.4) is 0 Å². The topological polar surface area (TPSA) is 52.2 Å². The summed E-state index contributed by atoms with van der Waals surface area (Å²) in [5.41, 5.74) is 3.75. The van der Waals surface area contributed by atoms with Gasteiger partial charge in [-0.05, 0) is 36.2 Å². The van der Waals surface area contributed by atoms with Crippen molar-refractivity contribution in [1.29, 1.82) is 0 Å². The summed E-state index contributed by atoms with van der Waals surface area (Å²) in [4.78, 5) is 16.9. The number of H-pyrrole nitrogens is 1. The Kier molecular flexibility index (Phi) is 4.07. The second-order valence-corrected chi connectivity index (χ2v) is 6.29. The molecule has 1 amide bonds. The third kappa shape index (κ3) is 3.01. The standard InChI is InChI=1S/C15H20N4OS/c1-11-14(12(2)17-16-11)15(20)19-6-4-18(5-7-19)9-13-3-8-21-10-13/h3,8,10H,4-7,9H2,1-2H3,(H,16,17). The molecule has 0 saturated carbocycles. The number of thiophene rings is 1. The Hall–Kier alpha value is -1.66. The summed E-state index contributed by atoms with van der Waals surface area (Å²) in [5.74, 6) is 0.105. The number of aryl methyl sites for hydroxylation is 2. The van der Waals surface area contributed by atoms with Gasteiger partial charge in [0.25, 0.3) is 5.91 Å². The molecule has 3 rings (SSSR count). The van der Waals surface area contributed by atoms with Gasteiger partial charge in [0.2, 0.25) is 0 Å². The Bertz CT molecular complexity index is 592. The molecule has 112 valence electrons. The maximum atomic E-state index is 12.6. The molecule has 1 fully saturated rings. The molecule has 2 aromatic heterocycles. The monoisotopic (exact) mass is 304 g/mol. The van der Waals surface area contributed by atoms with Gasteiger partial charge in [0, 0.05) is 38.4 Å². The number of hydrogen-bond donors (Lipinski definition) is 1. The van der Waals surface area contributed by atoms with Crippen LogP contribution in [0.4, 0.5) is 0 Å². The summed E-state index contributed by atoms with van der Waals surface area (Å²) in [6.07, 6.45) is 0. The number of rotatable bonds is 3. The van der Waals surface area contributed by atoms with Crippen molar-refractivity contribution < 1.29 is 4.79 Å². The lowest BCUT2D eigenvalue weighted by molar-refractivity contribution is 0.0627. The molecule has 0 aliphatic carbocycles. The van der Waals surface area contributed by atoms with Gasteiger partial charge >= 0.3 is 0 Å². The van der Waals surface area contributed by atoms with Gasteiger partial charge in [0.1, 0.15) is 0 Å². The van der Waals surface area contributed by atoms with Gasteiger partial charge in [-0.1, -0.05) is 0 Å². The van der Waals surface area contributed by atoms with E-state index in [1.807, 2.05) is 18.7 Å². The van der Waals surface area contributed by atoms with E-state index in [4.69, 9.17) is 0 Å². The van der Waals surface area contributed by atoms with Crippen LogP contribution in [0.2, 0.25) is 0 Å². The third-order valence-electron chi connectivity index (χ3n) is 3.99. The van der Waals surface area contributed by atoms with Gasteiger partial charge in [-0.15, -0.1) is 0 Å². The molecular weight excluding hydrogens is 284 g/mol. The van der Waals surface area contributed by atoms with Crippen molar-refractivity contribution in [3.8, 4) is 0 Å². The first kappa shape index (κ1) is 14.3. The molecule has 1 aliphatic heterocycles. The number of carbonyl (C=O) groups excluding carboxylic acids is 1. The molecule has 2 aromatic rings. The van der Waals surface area contributed by atoms with Crippen molar-refractivity contribution in [2.24, 2.45) is 0 Å². The number of piperazine rings is 1. The van der Waals surface area contributed by atoms with Crippen LogP contribution in [-0.4, -0.2) is 52.1 Å². The van der Waals surface area contributed by atoms with Crippen LogP contribution in [0, 0.1) is 13.8 Å². The maximum absolute atomic E-state index is 12.6. The normalized spacial score (nSPS) is 16.4. The summed E-state index contributed by atoms with van der Waals surface area (Å²) < 4.78 is 0. The molecule has 0 atom stereocenters. The Morgan fingerprint density at radius 2 is 2.10 bits per heavy atom. The number of hydrogen-bond acceptors (Lipinski definition) is 4. The molecule has 6 heteroatoms. The van der Waals surface area contributed by atoms with E-state index in [-0.39, 0.29) is 5.91 Å². The first-order chi connectivity index (χ1) is 10.1. The van der Waals surface area contributed by atoms with Crippen LogP contribution < -0.4 is 0 Å². The van der Waals surface area contributed by atoms with Crippen LogP contribution in [0.5, 0.6) is 0 Å². The predicted octanol–water partition coefficient (Wildman–Crippen LogP) is 2.05. The Morgan fingerprint density at radius 3 is 2.67 bits per heavy atom. The zero-order chi connectivity index (χ0) is 14.8. The number of carbonyl (C=O) groups is 1. The molecule has 0 spiro atoms. The Balaban J connectivity index is 1.59. The van der Waals surface area contributed by atoms with E-state index < -0.39 is 0 Å². The van der Waals surface area contributed by atoms with Crippen molar-refractivity contribution in [2.75, 3.05) is 26.2 Å². The highest BCUT2D eigenvalue weighted by atomic mass is 32.1. The molecule has 1 aliphatic rings. The number of aromatic nitrogens is 2. The lowest BCUT2D eigenvalue weighted by Gasteiger charge is -2.34.